The number of aromatic nitrogens is 3. The fraction of sp³-hybridized carbons (Fsp3) is 0.304. The maximum absolute atomic E-state index is 5.03. The zero-order valence-electron chi connectivity index (χ0n) is 16.5. The van der Waals surface area contributed by atoms with E-state index >= 15 is 0 Å². The smallest absolute Gasteiger partial charge is 0.115 e. The normalized spacial score (nSPS) is 20.4. The lowest BCUT2D eigenvalue weighted by molar-refractivity contribution is 0.423. The molecule has 0 saturated carbocycles. The van der Waals surface area contributed by atoms with Gasteiger partial charge in [0.15, 0.2) is 0 Å². The van der Waals surface area contributed by atoms with Gasteiger partial charge < -0.3 is 4.57 Å². The van der Waals surface area contributed by atoms with E-state index in [9.17, 15) is 0 Å². The molecule has 0 amide bonds. The molecule has 0 fully saturated rings. The van der Waals surface area contributed by atoms with E-state index in [0.717, 1.165) is 35.6 Å². The minimum Gasteiger partial charge on any atom is -0.325 e. The summed E-state index contributed by atoms with van der Waals surface area (Å²) in [6.45, 7) is 7.74. The number of fused-ring (bicyclic) bond motifs is 1. The van der Waals surface area contributed by atoms with Gasteiger partial charge in [-0.15, -0.1) is 0 Å². The number of aryl methyl sites for hydroxylation is 2. The second-order valence-electron chi connectivity index (χ2n) is 7.30. The monoisotopic (exact) mass is 371 g/mol. The highest BCUT2D eigenvalue weighted by Gasteiger charge is 2.27. The predicted molar refractivity (Wildman–Crippen MR) is 116 cm³/mol. The third-order valence-electron chi connectivity index (χ3n) is 5.25. The van der Waals surface area contributed by atoms with Crippen LogP contribution < -0.4 is 0 Å². The number of rotatable bonds is 4. The first-order valence-corrected chi connectivity index (χ1v) is 9.78. The summed E-state index contributed by atoms with van der Waals surface area (Å²) in [5, 5.41) is 0. The van der Waals surface area contributed by atoms with Crippen molar-refractivity contribution in [1.29, 1.82) is 0 Å². The van der Waals surface area contributed by atoms with E-state index in [1.807, 2.05) is 13.0 Å². The number of aliphatic imine (C=N–C) groups is 2. The Bertz CT molecular complexity index is 1020. The van der Waals surface area contributed by atoms with Crippen LogP contribution in [0.15, 0.2) is 58.8 Å². The first kappa shape index (κ1) is 18.3. The van der Waals surface area contributed by atoms with Gasteiger partial charge in [0.1, 0.15) is 11.5 Å². The van der Waals surface area contributed by atoms with Gasteiger partial charge in [-0.2, -0.15) is 0 Å². The number of hydrogen-bond acceptors (Lipinski definition) is 4. The Morgan fingerprint density at radius 3 is 2.86 bits per heavy atom. The third kappa shape index (κ3) is 3.52. The molecule has 1 aliphatic heterocycles. The van der Waals surface area contributed by atoms with E-state index < -0.39 is 0 Å². The van der Waals surface area contributed by atoms with Crippen molar-refractivity contribution in [3.8, 4) is 11.4 Å². The standard InChI is InChI=1S/C23H25N5/c1-16-6-4-8-20(26-16)22-23(28-17(2)7-5-9-21(28)27-22)18-10-12-19(13-11-18)25-15-14-24-3/h4,6,8,10-12,14-15,17H,3,5,7,9,13H2,1-2H3/b15-14-,25-19-/t17-/m1/s1. The van der Waals surface area contributed by atoms with Crippen LogP contribution >= 0.6 is 0 Å². The summed E-state index contributed by atoms with van der Waals surface area (Å²) in [5.41, 5.74) is 6.31. The summed E-state index contributed by atoms with van der Waals surface area (Å²) in [4.78, 5) is 17.9. The van der Waals surface area contributed by atoms with Crippen molar-refractivity contribution in [3.63, 3.8) is 0 Å². The van der Waals surface area contributed by atoms with Crippen LogP contribution in [-0.2, 0) is 6.42 Å². The van der Waals surface area contributed by atoms with Crippen LogP contribution in [-0.4, -0.2) is 27.0 Å². The Balaban J connectivity index is 1.79. The van der Waals surface area contributed by atoms with Crippen LogP contribution in [0.2, 0.25) is 0 Å². The SMILES string of the molecule is C=N/C=C\N=C1\C=CC(c2c(-c3cccc(C)n3)nc3n2[C@H](C)CCC3)=CC1. The van der Waals surface area contributed by atoms with Gasteiger partial charge in [-0.1, -0.05) is 18.2 Å². The maximum atomic E-state index is 5.03. The largest absolute Gasteiger partial charge is 0.325 e. The summed E-state index contributed by atoms with van der Waals surface area (Å²) in [5.74, 6) is 1.17. The summed E-state index contributed by atoms with van der Waals surface area (Å²) in [6.07, 6.45) is 13.9. The lowest BCUT2D eigenvalue weighted by Crippen LogP contribution is -2.17. The maximum Gasteiger partial charge on any atom is 0.115 e. The molecule has 2 aromatic heterocycles. The second-order valence-corrected chi connectivity index (χ2v) is 7.30. The summed E-state index contributed by atoms with van der Waals surface area (Å²) in [7, 11) is 0. The Morgan fingerprint density at radius 2 is 2.11 bits per heavy atom. The van der Waals surface area contributed by atoms with E-state index in [4.69, 9.17) is 9.97 Å². The summed E-state index contributed by atoms with van der Waals surface area (Å²) < 4.78 is 2.42. The molecule has 5 heteroatoms. The highest BCUT2D eigenvalue weighted by atomic mass is 15.1. The van der Waals surface area contributed by atoms with Crippen molar-refractivity contribution in [2.24, 2.45) is 9.98 Å². The van der Waals surface area contributed by atoms with Gasteiger partial charge >= 0.3 is 0 Å². The van der Waals surface area contributed by atoms with E-state index in [1.54, 1.807) is 12.4 Å². The Kier molecular flexibility index (Phi) is 5.15. The van der Waals surface area contributed by atoms with Crippen molar-refractivity contribution >= 4 is 18.0 Å². The molecular weight excluding hydrogens is 346 g/mol. The minimum absolute atomic E-state index is 0.441. The first-order valence-electron chi connectivity index (χ1n) is 9.78. The Hall–Kier alpha value is -3.08. The van der Waals surface area contributed by atoms with Crippen molar-refractivity contribution in [2.45, 2.75) is 45.6 Å². The summed E-state index contributed by atoms with van der Waals surface area (Å²) >= 11 is 0. The topological polar surface area (TPSA) is 55.4 Å². The molecule has 0 spiro atoms. The number of allylic oxidation sites excluding steroid dienone is 4. The fourth-order valence-electron chi connectivity index (χ4n) is 3.93. The lowest BCUT2D eigenvalue weighted by atomic mass is 9.98. The van der Waals surface area contributed by atoms with Crippen molar-refractivity contribution in [2.75, 3.05) is 0 Å². The average molecular weight is 371 g/mol. The van der Waals surface area contributed by atoms with Gasteiger partial charge in [-0.3, -0.25) is 15.0 Å². The molecule has 0 unspecified atom stereocenters. The third-order valence-corrected chi connectivity index (χ3v) is 5.25. The quantitative estimate of drug-likeness (QED) is 0.702. The molecule has 0 aromatic carbocycles. The Morgan fingerprint density at radius 1 is 1.21 bits per heavy atom. The van der Waals surface area contributed by atoms with Crippen LogP contribution in [0.3, 0.4) is 0 Å². The summed E-state index contributed by atoms with van der Waals surface area (Å²) in [6, 6.07) is 6.58. The number of imidazole rings is 1. The van der Waals surface area contributed by atoms with Crippen LogP contribution in [0.1, 0.15) is 49.4 Å². The zero-order valence-corrected chi connectivity index (χ0v) is 16.5. The number of hydrogen-bond donors (Lipinski definition) is 0. The lowest BCUT2D eigenvalue weighted by Gasteiger charge is -2.25. The van der Waals surface area contributed by atoms with Gasteiger partial charge in [0.05, 0.1) is 11.4 Å². The molecule has 1 atom stereocenters. The molecule has 0 N–H and O–H groups in total. The Labute approximate surface area is 166 Å². The molecule has 5 nitrogen and oxygen atoms in total. The molecular formula is C23H25N5. The van der Waals surface area contributed by atoms with Gasteiger partial charge in [0.2, 0.25) is 0 Å². The number of pyridine rings is 1. The van der Waals surface area contributed by atoms with E-state index in [1.165, 1.54) is 29.9 Å². The van der Waals surface area contributed by atoms with Crippen molar-refractivity contribution in [1.82, 2.24) is 14.5 Å². The molecule has 0 bridgehead atoms. The van der Waals surface area contributed by atoms with Gasteiger partial charge in [-0.25, -0.2) is 4.98 Å². The van der Waals surface area contributed by atoms with Crippen LogP contribution in [0.4, 0.5) is 0 Å². The van der Waals surface area contributed by atoms with Gasteiger partial charge in [-0.05, 0) is 57.2 Å². The predicted octanol–water partition coefficient (Wildman–Crippen LogP) is 5.11. The molecule has 28 heavy (non-hydrogen) atoms. The van der Waals surface area contributed by atoms with E-state index in [0.29, 0.717) is 6.04 Å². The zero-order chi connectivity index (χ0) is 19.5. The molecule has 1 aliphatic carbocycles. The minimum atomic E-state index is 0.441. The molecule has 142 valence electrons. The first-order chi connectivity index (χ1) is 13.7. The van der Waals surface area contributed by atoms with E-state index in [2.05, 4.69) is 58.6 Å². The highest BCUT2D eigenvalue weighted by Crippen LogP contribution is 2.37. The fourth-order valence-corrected chi connectivity index (χ4v) is 3.93. The average Bonchev–Trinajstić information content (AvgIpc) is 3.10. The van der Waals surface area contributed by atoms with Crippen LogP contribution in [0.5, 0.6) is 0 Å². The molecule has 0 saturated heterocycles. The molecule has 0 radical (unpaired) electrons. The van der Waals surface area contributed by atoms with Gasteiger partial charge in [0, 0.05) is 42.7 Å². The second kappa shape index (κ2) is 7.89. The van der Waals surface area contributed by atoms with Crippen LogP contribution in [0, 0.1) is 6.92 Å². The van der Waals surface area contributed by atoms with Gasteiger partial charge in [0.25, 0.3) is 0 Å². The van der Waals surface area contributed by atoms with Crippen molar-refractivity contribution in [3.05, 3.63) is 66.0 Å². The molecule has 3 heterocycles. The number of nitrogens with zero attached hydrogens (tertiary/aromatic N) is 5. The van der Waals surface area contributed by atoms with Crippen LogP contribution in [0.25, 0.3) is 17.0 Å². The molecule has 4 rings (SSSR count). The van der Waals surface area contributed by atoms with E-state index in [-0.39, 0.29) is 0 Å². The highest BCUT2D eigenvalue weighted by molar-refractivity contribution is 6.02. The molecule has 2 aromatic rings. The molecule has 2 aliphatic rings. The van der Waals surface area contributed by atoms with Crippen molar-refractivity contribution < 1.29 is 0 Å².